The van der Waals surface area contributed by atoms with Gasteiger partial charge in [-0.15, -0.1) is 0 Å². The fraction of sp³-hybridized carbons (Fsp3) is 0.0800. The number of aromatic nitrogens is 1. The molecule has 1 N–H and O–H groups in total. The highest BCUT2D eigenvalue weighted by atomic mass is 35.5. The van der Waals surface area contributed by atoms with Gasteiger partial charge >= 0.3 is 5.97 Å². The summed E-state index contributed by atoms with van der Waals surface area (Å²) in [5, 5.41) is 2.90. The molecule has 0 aliphatic rings. The number of carbonyl (C=O) groups is 1. The van der Waals surface area contributed by atoms with Crippen LogP contribution in [0.15, 0.2) is 36.4 Å². The van der Waals surface area contributed by atoms with Crippen LogP contribution in [-0.4, -0.2) is 18.1 Å². The van der Waals surface area contributed by atoms with E-state index in [1.54, 1.807) is 18.2 Å². The minimum absolute atomic E-state index is 0.00418. The lowest BCUT2D eigenvalue weighted by Crippen LogP contribution is -2.17. The summed E-state index contributed by atoms with van der Waals surface area (Å²) < 4.78 is 78.8. The SMILES string of the molecule is [C-]#[N+]c1ccc2nc(Cl)c(C(=O)Oc3c(F)c(F)c(F)c(F)c3F)c(NCc3ccc(OC)c(Cl)c3)c2c1. The number of hydrogen-bond donors (Lipinski definition) is 1. The number of rotatable bonds is 6. The van der Waals surface area contributed by atoms with Gasteiger partial charge in [0, 0.05) is 11.9 Å². The molecule has 3 aromatic carbocycles. The number of pyridine rings is 1. The van der Waals surface area contributed by atoms with Crippen molar-refractivity contribution in [2.45, 2.75) is 6.54 Å². The largest absolute Gasteiger partial charge is 0.495 e. The van der Waals surface area contributed by atoms with Gasteiger partial charge in [0.15, 0.2) is 5.69 Å². The van der Waals surface area contributed by atoms with Gasteiger partial charge in [-0.2, -0.15) is 8.78 Å². The van der Waals surface area contributed by atoms with Crippen molar-refractivity contribution in [3.8, 4) is 11.5 Å². The number of halogens is 7. The van der Waals surface area contributed by atoms with Gasteiger partial charge in [-0.3, -0.25) is 0 Å². The number of hydrogen-bond acceptors (Lipinski definition) is 5. The first kappa shape index (κ1) is 26.9. The van der Waals surface area contributed by atoms with E-state index >= 15 is 0 Å². The molecule has 38 heavy (non-hydrogen) atoms. The van der Waals surface area contributed by atoms with Crippen LogP contribution in [0.1, 0.15) is 15.9 Å². The van der Waals surface area contributed by atoms with Crippen LogP contribution in [0.25, 0.3) is 15.7 Å². The number of anilines is 1. The molecule has 0 radical (unpaired) electrons. The van der Waals surface area contributed by atoms with Crippen molar-refractivity contribution in [1.29, 1.82) is 0 Å². The zero-order valence-corrected chi connectivity index (χ0v) is 20.4. The molecule has 1 heterocycles. The van der Waals surface area contributed by atoms with Crippen molar-refractivity contribution >= 4 is 51.4 Å². The van der Waals surface area contributed by atoms with Crippen LogP contribution in [0.3, 0.4) is 0 Å². The van der Waals surface area contributed by atoms with E-state index in [1.807, 2.05) is 0 Å². The monoisotopic (exact) mass is 567 g/mol. The first-order valence-corrected chi connectivity index (χ1v) is 11.1. The van der Waals surface area contributed by atoms with E-state index in [0.717, 1.165) is 0 Å². The molecule has 0 atom stereocenters. The highest BCUT2D eigenvalue weighted by molar-refractivity contribution is 6.34. The average molecular weight is 568 g/mol. The second kappa shape index (κ2) is 10.7. The number of benzene rings is 3. The molecule has 0 saturated heterocycles. The van der Waals surface area contributed by atoms with Gasteiger partial charge in [0.05, 0.1) is 29.9 Å². The second-order valence-electron chi connectivity index (χ2n) is 7.58. The van der Waals surface area contributed by atoms with Gasteiger partial charge in [0.1, 0.15) is 16.5 Å². The first-order chi connectivity index (χ1) is 18.1. The summed E-state index contributed by atoms with van der Waals surface area (Å²) in [6, 6.07) is 9.06. The van der Waals surface area contributed by atoms with E-state index in [4.69, 9.17) is 34.5 Å². The third-order valence-corrected chi connectivity index (χ3v) is 5.88. The number of carbonyl (C=O) groups excluding carboxylic acids is 1. The number of nitrogens with one attached hydrogen (secondary N) is 1. The topological polar surface area (TPSA) is 64.8 Å². The van der Waals surface area contributed by atoms with Crippen LogP contribution in [0, 0.1) is 35.7 Å². The summed E-state index contributed by atoms with van der Waals surface area (Å²) in [7, 11) is 1.43. The third kappa shape index (κ3) is 4.88. The molecular formula is C25H12Cl2F5N3O3. The minimum atomic E-state index is -2.42. The summed E-state index contributed by atoms with van der Waals surface area (Å²) in [6.45, 7) is 7.28. The van der Waals surface area contributed by atoms with E-state index < -0.39 is 51.5 Å². The summed E-state index contributed by atoms with van der Waals surface area (Å²) in [5.41, 5.74) is 0.315. The van der Waals surface area contributed by atoms with Crippen molar-refractivity contribution in [3.05, 3.63) is 98.2 Å². The van der Waals surface area contributed by atoms with Gasteiger partial charge in [-0.1, -0.05) is 35.3 Å². The molecule has 0 spiro atoms. The van der Waals surface area contributed by atoms with Crippen LogP contribution in [0.2, 0.25) is 10.2 Å². The minimum Gasteiger partial charge on any atom is -0.495 e. The van der Waals surface area contributed by atoms with Gasteiger partial charge in [0.25, 0.3) is 0 Å². The quantitative estimate of drug-likeness (QED) is 0.0493. The Balaban J connectivity index is 1.83. The molecule has 4 rings (SSSR count). The molecule has 0 aliphatic heterocycles. The Kier molecular flexibility index (Phi) is 7.57. The highest BCUT2D eigenvalue weighted by Crippen LogP contribution is 2.36. The standard InChI is InChI=1S/C25H12Cl2F5N3O3/c1-33-11-4-5-14-12(8-11)22(34-9-10-3-6-15(37-2)13(26)7-10)16(24(27)35-14)25(36)38-23-20(31)18(29)17(28)19(30)21(23)32/h3-8H,9H2,2H3,(H,34,35). The molecule has 0 aliphatic carbocycles. The molecule has 0 fully saturated rings. The number of nitrogens with zero attached hydrogens (tertiary/aromatic N) is 2. The Morgan fingerprint density at radius 2 is 1.66 bits per heavy atom. The fourth-order valence-corrected chi connectivity index (χ4v) is 4.03. The van der Waals surface area contributed by atoms with E-state index in [-0.39, 0.29) is 33.8 Å². The average Bonchev–Trinajstić information content (AvgIpc) is 2.91. The van der Waals surface area contributed by atoms with Crippen LogP contribution < -0.4 is 14.8 Å². The summed E-state index contributed by atoms with van der Waals surface area (Å²) in [4.78, 5) is 20.4. The van der Waals surface area contributed by atoms with Crippen molar-refractivity contribution in [2.24, 2.45) is 0 Å². The number of ether oxygens (including phenoxy) is 2. The number of esters is 1. The number of fused-ring (bicyclic) bond motifs is 1. The Morgan fingerprint density at radius 1 is 1.00 bits per heavy atom. The molecule has 0 amide bonds. The summed E-state index contributed by atoms with van der Waals surface area (Å²) in [5.74, 6) is -14.7. The molecule has 4 aromatic rings. The Labute approximate surface area is 221 Å². The molecule has 0 bridgehead atoms. The van der Waals surface area contributed by atoms with E-state index in [9.17, 15) is 26.7 Å². The van der Waals surface area contributed by atoms with Gasteiger partial charge in [-0.05, 0) is 29.8 Å². The predicted molar refractivity (Wildman–Crippen MR) is 130 cm³/mol. The summed E-state index contributed by atoms with van der Waals surface area (Å²) >= 11 is 12.4. The smallest absolute Gasteiger partial charge is 0.349 e. The fourth-order valence-electron chi connectivity index (χ4n) is 3.49. The Morgan fingerprint density at radius 3 is 2.26 bits per heavy atom. The molecule has 1 aromatic heterocycles. The van der Waals surface area contributed by atoms with Crippen LogP contribution in [0.5, 0.6) is 11.5 Å². The van der Waals surface area contributed by atoms with Crippen molar-refractivity contribution < 1.29 is 36.2 Å². The lowest BCUT2D eigenvalue weighted by atomic mass is 10.1. The molecule has 6 nitrogen and oxygen atoms in total. The van der Waals surface area contributed by atoms with Gasteiger partial charge in [0.2, 0.25) is 34.8 Å². The lowest BCUT2D eigenvalue weighted by Gasteiger charge is -2.17. The Bertz CT molecular complexity index is 1630. The molecule has 0 unspecified atom stereocenters. The Hall–Kier alpha value is -4.14. The van der Waals surface area contributed by atoms with Gasteiger partial charge in [-0.25, -0.2) is 27.8 Å². The van der Waals surface area contributed by atoms with E-state index in [2.05, 4.69) is 19.9 Å². The van der Waals surface area contributed by atoms with Crippen molar-refractivity contribution in [3.63, 3.8) is 0 Å². The van der Waals surface area contributed by atoms with E-state index in [1.165, 1.54) is 25.3 Å². The first-order valence-electron chi connectivity index (χ1n) is 10.4. The highest BCUT2D eigenvalue weighted by Gasteiger charge is 2.31. The molecule has 0 saturated carbocycles. The predicted octanol–water partition coefficient (Wildman–Crippen LogP) is 7.63. The lowest BCUT2D eigenvalue weighted by molar-refractivity contribution is 0.0717. The maximum atomic E-state index is 14.2. The van der Waals surface area contributed by atoms with Crippen molar-refractivity contribution in [2.75, 3.05) is 12.4 Å². The third-order valence-electron chi connectivity index (χ3n) is 5.31. The maximum Gasteiger partial charge on any atom is 0.349 e. The zero-order chi connectivity index (χ0) is 27.7. The van der Waals surface area contributed by atoms with Gasteiger partial charge < -0.3 is 14.8 Å². The maximum absolute atomic E-state index is 14.2. The van der Waals surface area contributed by atoms with Crippen LogP contribution in [0.4, 0.5) is 33.3 Å². The summed E-state index contributed by atoms with van der Waals surface area (Å²) in [6.07, 6.45) is 0. The van der Waals surface area contributed by atoms with Crippen molar-refractivity contribution in [1.82, 2.24) is 4.98 Å². The zero-order valence-electron chi connectivity index (χ0n) is 18.9. The van der Waals surface area contributed by atoms with Crippen LogP contribution in [-0.2, 0) is 6.54 Å². The second-order valence-corrected chi connectivity index (χ2v) is 8.34. The number of methoxy groups -OCH3 is 1. The normalized spacial score (nSPS) is 10.8. The van der Waals surface area contributed by atoms with Crippen LogP contribution >= 0.6 is 23.2 Å². The molecular weight excluding hydrogens is 556 g/mol. The molecule has 194 valence electrons. The van der Waals surface area contributed by atoms with E-state index in [0.29, 0.717) is 11.3 Å². The molecule has 13 heteroatoms.